The number of halogens is 1. The van der Waals surface area contributed by atoms with Crippen LogP contribution in [-0.4, -0.2) is 23.7 Å². The van der Waals surface area contributed by atoms with Crippen molar-refractivity contribution in [2.75, 3.05) is 11.4 Å². The van der Waals surface area contributed by atoms with Crippen LogP contribution >= 0.6 is 11.6 Å². The first-order valence-corrected chi connectivity index (χ1v) is 6.81. The first-order valence-electron chi connectivity index (χ1n) is 6.43. The van der Waals surface area contributed by atoms with Gasteiger partial charge in [-0.3, -0.25) is 0 Å². The summed E-state index contributed by atoms with van der Waals surface area (Å²) >= 11 is 6.30. The average Bonchev–Trinajstić information content (AvgIpc) is 2.34. The molecule has 0 radical (unpaired) electrons. The number of carboxylic acids is 1. The third kappa shape index (κ3) is 4.28. The van der Waals surface area contributed by atoms with E-state index in [2.05, 4.69) is 25.7 Å². The molecular weight excluding hydrogens is 262 g/mol. The summed E-state index contributed by atoms with van der Waals surface area (Å²) in [7, 11) is 0. The Labute approximate surface area is 119 Å². The molecule has 0 bridgehead atoms. The van der Waals surface area contributed by atoms with Gasteiger partial charge in [0, 0.05) is 18.7 Å². The van der Waals surface area contributed by atoms with Gasteiger partial charge in [-0.1, -0.05) is 30.7 Å². The Morgan fingerprint density at radius 1 is 1.47 bits per heavy atom. The summed E-state index contributed by atoms with van der Waals surface area (Å²) in [4.78, 5) is 12.9. The smallest absolute Gasteiger partial charge is 0.328 e. The minimum atomic E-state index is -0.961. The van der Waals surface area contributed by atoms with Gasteiger partial charge in [-0.2, -0.15) is 0 Å². The van der Waals surface area contributed by atoms with Crippen LogP contribution in [-0.2, 0) is 4.79 Å². The van der Waals surface area contributed by atoms with Crippen molar-refractivity contribution in [2.45, 2.75) is 33.2 Å². The minimum Gasteiger partial charge on any atom is -0.478 e. The standard InChI is InChI=1S/C15H20ClNO2/c1-4-10-17(11(2)3)15-12(8-9-14(18)19)6-5-7-13(15)16/h5-9,11H,4,10H2,1-3H3,(H,18,19)/b9-8+. The van der Waals surface area contributed by atoms with Crippen LogP contribution in [0.4, 0.5) is 5.69 Å². The number of hydrogen-bond acceptors (Lipinski definition) is 2. The van der Waals surface area contributed by atoms with Gasteiger partial charge >= 0.3 is 5.97 Å². The molecule has 1 aromatic carbocycles. The monoisotopic (exact) mass is 281 g/mol. The maximum atomic E-state index is 10.7. The summed E-state index contributed by atoms with van der Waals surface area (Å²) < 4.78 is 0. The number of rotatable bonds is 6. The van der Waals surface area contributed by atoms with E-state index in [9.17, 15) is 4.79 Å². The highest BCUT2D eigenvalue weighted by Crippen LogP contribution is 2.32. The van der Waals surface area contributed by atoms with Gasteiger partial charge in [0.1, 0.15) is 0 Å². The molecule has 104 valence electrons. The van der Waals surface area contributed by atoms with Crippen molar-refractivity contribution >= 4 is 29.3 Å². The van der Waals surface area contributed by atoms with Crippen LogP contribution in [0, 0.1) is 0 Å². The summed E-state index contributed by atoms with van der Waals surface area (Å²) in [6, 6.07) is 5.85. The number of aliphatic carboxylic acids is 1. The zero-order valence-corrected chi connectivity index (χ0v) is 12.3. The van der Waals surface area contributed by atoms with Crippen LogP contribution in [0.5, 0.6) is 0 Å². The van der Waals surface area contributed by atoms with E-state index in [-0.39, 0.29) is 0 Å². The molecule has 3 nitrogen and oxygen atoms in total. The second kappa shape index (κ2) is 7.19. The molecule has 0 saturated carbocycles. The van der Waals surface area contributed by atoms with Gasteiger partial charge in [-0.15, -0.1) is 0 Å². The fourth-order valence-electron chi connectivity index (χ4n) is 2.00. The zero-order chi connectivity index (χ0) is 14.4. The predicted molar refractivity (Wildman–Crippen MR) is 80.9 cm³/mol. The highest BCUT2D eigenvalue weighted by atomic mass is 35.5. The number of anilines is 1. The normalized spacial score (nSPS) is 11.2. The number of hydrogen-bond donors (Lipinski definition) is 1. The molecule has 0 spiro atoms. The maximum Gasteiger partial charge on any atom is 0.328 e. The predicted octanol–water partition coefficient (Wildman–Crippen LogP) is 4.06. The maximum absolute atomic E-state index is 10.7. The fraction of sp³-hybridized carbons (Fsp3) is 0.400. The Balaban J connectivity index is 3.26. The largest absolute Gasteiger partial charge is 0.478 e. The van der Waals surface area contributed by atoms with Crippen LogP contribution in [0.15, 0.2) is 24.3 Å². The lowest BCUT2D eigenvalue weighted by atomic mass is 10.1. The SMILES string of the molecule is CCCN(c1c(Cl)cccc1/C=C/C(=O)O)C(C)C. The van der Waals surface area contributed by atoms with E-state index >= 15 is 0 Å². The Kier molecular flexibility index (Phi) is 5.90. The van der Waals surface area contributed by atoms with Crippen molar-refractivity contribution in [3.8, 4) is 0 Å². The van der Waals surface area contributed by atoms with Gasteiger partial charge in [-0.05, 0) is 38.0 Å². The van der Waals surface area contributed by atoms with E-state index < -0.39 is 5.97 Å². The number of nitrogens with zero attached hydrogens (tertiary/aromatic N) is 1. The molecule has 1 N–H and O–H groups in total. The molecule has 0 atom stereocenters. The summed E-state index contributed by atoms with van der Waals surface area (Å²) in [5, 5.41) is 9.40. The van der Waals surface area contributed by atoms with E-state index in [1.54, 1.807) is 6.08 Å². The lowest BCUT2D eigenvalue weighted by molar-refractivity contribution is -0.131. The molecule has 0 aliphatic heterocycles. The van der Waals surface area contributed by atoms with E-state index in [0.29, 0.717) is 11.1 Å². The molecule has 0 aromatic heterocycles. The van der Waals surface area contributed by atoms with Crippen LogP contribution < -0.4 is 4.90 Å². The topological polar surface area (TPSA) is 40.5 Å². The third-order valence-corrected chi connectivity index (χ3v) is 3.10. The van der Waals surface area contributed by atoms with Crippen LogP contribution in [0.3, 0.4) is 0 Å². The van der Waals surface area contributed by atoms with Crippen molar-refractivity contribution in [3.63, 3.8) is 0 Å². The van der Waals surface area contributed by atoms with Crippen molar-refractivity contribution in [3.05, 3.63) is 34.9 Å². The molecule has 0 fully saturated rings. The first kappa shape index (κ1) is 15.6. The van der Waals surface area contributed by atoms with Gasteiger partial charge in [0.25, 0.3) is 0 Å². The second-order valence-electron chi connectivity index (χ2n) is 4.64. The van der Waals surface area contributed by atoms with Gasteiger partial charge in [0.05, 0.1) is 10.7 Å². The van der Waals surface area contributed by atoms with E-state index in [4.69, 9.17) is 16.7 Å². The van der Waals surface area contributed by atoms with Crippen molar-refractivity contribution in [1.82, 2.24) is 0 Å². The quantitative estimate of drug-likeness (QED) is 0.799. The lowest BCUT2D eigenvalue weighted by Gasteiger charge is -2.31. The third-order valence-electron chi connectivity index (χ3n) is 2.80. The Bertz CT molecular complexity index is 469. The molecule has 0 saturated heterocycles. The summed E-state index contributed by atoms with van der Waals surface area (Å²) in [6.45, 7) is 7.20. The zero-order valence-electron chi connectivity index (χ0n) is 11.6. The molecule has 0 unspecified atom stereocenters. The van der Waals surface area contributed by atoms with Crippen LogP contribution in [0.2, 0.25) is 5.02 Å². The summed E-state index contributed by atoms with van der Waals surface area (Å²) in [5.41, 5.74) is 1.73. The lowest BCUT2D eigenvalue weighted by Crippen LogP contribution is -2.32. The molecule has 0 amide bonds. The highest BCUT2D eigenvalue weighted by Gasteiger charge is 2.15. The van der Waals surface area contributed by atoms with Gasteiger partial charge in [0.15, 0.2) is 0 Å². The molecule has 0 aliphatic rings. The van der Waals surface area contributed by atoms with E-state index in [1.807, 2.05) is 18.2 Å². The summed E-state index contributed by atoms with van der Waals surface area (Å²) in [5.74, 6) is -0.961. The number of carbonyl (C=O) groups is 1. The van der Waals surface area contributed by atoms with E-state index in [0.717, 1.165) is 30.3 Å². The van der Waals surface area contributed by atoms with Crippen molar-refractivity contribution in [2.24, 2.45) is 0 Å². The summed E-state index contributed by atoms with van der Waals surface area (Å²) in [6.07, 6.45) is 3.74. The fourth-order valence-corrected chi connectivity index (χ4v) is 2.29. The molecule has 4 heteroatoms. The first-order chi connectivity index (χ1) is 8.97. The van der Waals surface area contributed by atoms with Gasteiger partial charge in [-0.25, -0.2) is 4.79 Å². The van der Waals surface area contributed by atoms with Crippen LogP contribution in [0.25, 0.3) is 6.08 Å². The molecule has 0 heterocycles. The number of benzene rings is 1. The number of carboxylic acid groups (broad SMARTS) is 1. The highest BCUT2D eigenvalue weighted by molar-refractivity contribution is 6.33. The molecule has 0 aliphatic carbocycles. The Morgan fingerprint density at radius 3 is 2.68 bits per heavy atom. The van der Waals surface area contributed by atoms with E-state index in [1.165, 1.54) is 0 Å². The minimum absolute atomic E-state index is 0.303. The van der Waals surface area contributed by atoms with Gasteiger partial charge in [0.2, 0.25) is 0 Å². The van der Waals surface area contributed by atoms with Gasteiger partial charge < -0.3 is 10.0 Å². The average molecular weight is 282 g/mol. The number of para-hydroxylation sites is 1. The molecule has 19 heavy (non-hydrogen) atoms. The molecule has 1 rings (SSSR count). The van der Waals surface area contributed by atoms with Crippen molar-refractivity contribution in [1.29, 1.82) is 0 Å². The second-order valence-corrected chi connectivity index (χ2v) is 5.04. The Hall–Kier alpha value is -1.48. The molecule has 1 aromatic rings. The van der Waals surface area contributed by atoms with Crippen molar-refractivity contribution < 1.29 is 9.90 Å². The Morgan fingerprint density at radius 2 is 2.16 bits per heavy atom. The van der Waals surface area contributed by atoms with Crippen LogP contribution in [0.1, 0.15) is 32.8 Å². The molecular formula is C15H20ClNO2.